The number of rotatable bonds is 8. The van der Waals surface area contributed by atoms with Gasteiger partial charge in [-0.1, -0.05) is 18.2 Å². The zero-order valence-corrected chi connectivity index (χ0v) is 15.0. The van der Waals surface area contributed by atoms with Gasteiger partial charge in [-0.3, -0.25) is 4.79 Å². The Morgan fingerprint density at radius 2 is 1.80 bits per heavy atom. The van der Waals surface area contributed by atoms with Crippen molar-refractivity contribution in [2.24, 2.45) is 0 Å². The zero-order chi connectivity index (χ0) is 18.3. The number of nitrogens with one attached hydrogen (secondary N) is 1. The fourth-order valence-electron chi connectivity index (χ4n) is 2.11. The van der Waals surface area contributed by atoms with Gasteiger partial charge >= 0.3 is 0 Å². The first-order valence-corrected chi connectivity index (χ1v) is 9.75. The van der Waals surface area contributed by atoms with Crippen molar-refractivity contribution in [2.75, 3.05) is 31.0 Å². The quantitative estimate of drug-likeness (QED) is 0.778. The maximum Gasteiger partial charge on any atom is 0.228 e. The number of amides is 1. The van der Waals surface area contributed by atoms with Gasteiger partial charge in [0.1, 0.15) is 18.1 Å². The maximum absolute atomic E-state index is 12.1. The van der Waals surface area contributed by atoms with Crippen molar-refractivity contribution >= 4 is 21.4 Å². The van der Waals surface area contributed by atoms with Gasteiger partial charge in [0.15, 0.2) is 9.84 Å². The molecule has 0 radical (unpaired) electrons. The van der Waals surface area contributed by atoms with Gasteiger partial charge in [-0.25, -0.2) is 8.42 Å². The van der Waals surface area contributed by atoms with Crippen LogP contribution in [0, 0.1) is 0 Å². The molecule has 0 fully saturated rings. The molecule has 7 heteroatoms. The topological polar surface area (TPSA) is 81.7 Å². The van der Waals surface area contributed by atoms with Gasteiger partial charge in [0.25, 0.3) is 0 Å². The Bertz CT molecular complexity index is 816. The molecule has 0 atom stereocenters. The number of carbonyl (C=O) groups excluding carboxylic acids is 1. The summed E-state index contributed by atoms with van der Waals surface area (Å²) in [6.45, 7) is 0.0715. The van der Waals surface area contributed by atoms with E-state index in [1.54, 1.807) is 43.5 Å². The second kappa shape index (κ2) is 8.53. The molecule has 0 spiro atoms. The van der Waals surface area contributed by atoms with Crippen molar-refractivity contribution < 1.29 is 22.7 Å². The summed E-state index contributed by atoms with van der Waals surface area (Å²) >= 11 is 0. The minimum Gasteiger partial charge on any atom is -0.497 e. The largest absolute Gasteiger partial charge is 0.497 e. The van der Waals surface area contributed by atoms with Crippen LogP contribution in [0.3, 0.4) is 0 Å². The van der Waals surface area contributed by atoms with E-state index in [0.717, 1.165) is 17.6 Å². The average molecular weight is 363 g/mol. The molecule has 1 amide bonds. The maximum atomic E-state index is 12.1. The first-order chi connectivity index (χ1) is 11.9. The third kappa shape index (κ3) is 6.84. The molecule has 25 heavy (non-hydrogen) atoms. The Hall–Kier alpha value is -2.54. The first-order valence-electron chi connectivity index (χ1n) is 7.69. The molecule has 2 aromatic carbocycles. The second-order valence-electron chi connectivity index (χ2n) is 5.58. The van der Waals surface area contributed by atoms with Crippen molar-refractivity contribution in [1.29, 1.82) is 0 Å². The van der Waals surface area contributed by atoms with Crippen LogP contribution < -0.4 is 14.8 Å². The van der Waals surface area contributed by atoms with Crippen LogP contribution >= 0.6 is 0 Å². The van der Waals surface area contributed by atoms with Crippen molar-refractivity contribution in [1.82, 2.24) is 0 Å². The number of hydrogen-bond acceptors (Lipinski definition) is 5. The van der Waals surface area contributed by atoms with E-state index in [9.17, 15) is 13.2 Å². The Morgan fingerprint density at radius 1 is 1.08 bits per heavy atom. The van der Waals surface area contributed by atoms with Crippen LogP contribution in [0.5, 0.6) is 11.5 Å². The smallest absolute Gasteiger partial charge is 0.228 e. The number of benzene rings is 2. The number of hydrogen-bond donors (Lipinski definition) is 1. The van der Waals surface area contributed by atoms with Crippen molar-refractivity contribution in [2.45, 2.75) is 6.42 Å². The first kappa shape index (κ1) is 18.8. The Kier molecular flexibility index (Phi) is 6.41. The number of methoxy groups -OCH3 is 1. The molecule has 0 aromatic heterocycles. The Morgan fingerprint density at radius 3 is 2.44 bits per heavy atom. The highest BCUT2D eigenvalue weighted by Crippen LogP contribution is 2.18. The highest BCUT2D eigenvalue weighted by molar-refractivity contribution is 7.90. The molecule has 2 rings (SSSR count). The van der Waals surface area contributed by atoms with Gasteiger partial charge in [-0.15, -0.1) is 0 Å². The Balaban J connectivity index is 1.90. The average Bonchev–Trinajstić information content (AvgIpc) is 2.54. The van der Waals surface area contributed by atoms with Gasteiger partial charge in [0, 0.05) is 18.0 Å². The fraction of sp³-hybridized carbons (Fsp3) is 0.278. The van der Waals surface area contributed by atoms with E-state index >= 15 is 0 Å². The standard InChI is InChI=1S/C18H21NO5S/c1-23-16-8-6-14(7-9-16)12-18(20)19-15-4-3-5-17(13-15)24-10-11-25(2,21)22/h3-9,13H,10-12H2,1-2H3,(H,19,20). The lowest BCUT2D eigenvalue weighted by Gasteiger charge is -2.09. The summed E-state index contributed by atoms with van der Waals surface area (Å²) in [5.74, 6) is 1.04. The monoisotopic (exact) mass is 363 g/mol. The minimum absolute atomic E-state index is 0.0545. The lowest BCUT2D eigenvalue weighted by Crippen LogP contribution is -2.15. The van der Waals surface area contributed by atoms with Gasteiger partial charge in [0.2, 0.25) is 5.91 Å². The van der Waals surface area contributed by atoms with Crippen LogP contribution in [0.15, 0.2) is 48.5 Å². The van der Waals surface area contributed by atoms with E-state index in [-0.39, 0.29) is 24.7 Å². The van der Waals surface area contributed by atoms with Crippen LogP contribution in [0.2, 0.25) is 0 Å². The highest BCUT2D eigenvalue weighted by atomic mass is 32.2. The fourth-order valence-corrected chi connectivity index (χ4v) is 2.49. The molecule has 0 saturated carbocycles. The number of anilines is 1. The lowest BCUT2D eigenvalue weighted by molar-refractivity contribution is -0.115. The normalized spacial score (nSPS) is 11.0. The number of ether oxygens (including phenoxy) is 2. The third-order valence-corrected chi connectivity index (χ3v) is 4.27. The van der Waals surface area contributed by atoms with E-state index in [2.05, 4.69) is 5.32 Å². The molecule has 2 aromatic rings. The van der Waals surface area contributed by atoms with Crippen molar-refractivity contribution in [3.05, 3.63) is 54.1 Å². The summed E-state index contributed by atoms with van der Waals surface area (Å²) < 4.78 is 32.7. The highest BCUT2D eigenvalue weighted by Gasteiger charge is 2.06. The summed E-state index contributed by atoms with van der Waals surface area (Å²) in [5.41, 5.74) is 1.47. The second-order valence-corrected chi connectivity index (χ2v) is 7.84. The van der Waals surface area contributed by atoms with E-state index in [0.29, 0.717) is 11.4 Å². The number of sulfone groups is 1. The number of carbonyl (C=O) groups is 1. The molecule has 134 valence electrons. The molecule has 1 N–H and O–H groups in total. The molecule has 0 unspecified atom stereocenters. The minimum atomic E-state index is -3.07. The molecule has 0 aliphatic rings. The van der Waals surface area contributed by atoms with E-state index < -0.39 is 9.84 Å². The van der Waals surface area contributed by atoms with Gasteiger partial charge in [-0.2, -0.15) is 0 Å². The van der Waals surface area contributed by atoms with Crippen molar-refractivity contribution in [3.8, 4) is 11.5 Å². The molecule has 0 aliphatic heterocycles. The predicted octanol–water partition coefficient (Wildman–Crippen LogP) is 2.30. The molecular weight excluding hydrogens is 342 g/mol. The van der Waals surface area contributed by atoms with E-state index in [1.807, 2.05) is 12.1 Å². The van der Waals surface area contributed by atoms with Crippen LogP contribution in [-0.4, -0.2) is 40.1 Å². The van der Waals surface area contributed by atoms with Crippen LogP contribution in [-0.2, 0) is 21.1 Å². The summed E-state index contributed by atoms with van der Waals surface area (Å²) in [6.07, 6.45) is 1.40. The SMILES string of the molecule is COc1ccc(CC(=O)Nc2cccc(OCCS(C)(=O)=O)c2)cc1. The lowest BCUT2D eigenvalue weighted by atomic mass is 10.1. The van der Waals surface area contributed by atoms with E-state index in [1.165, 1.54) is 0 Å². The molecular formula is C18H21NO5S. The zero-order valence-electron chi connectivity index (χ0n) is 14.2. The van der Waals surface area contributed by atoms with Gasteiger partial charge in [0.05, 0.1) is 19.3 Å². The van der Waals surface area contributed by atoms with Crippen LogP contribution in [0.25, 0.3) is 0 Å². The molecule has 0 bridgehead atoms. The van der Waals surface area contributed by atoms with Crippen molar-refractivity contribution in [3.63, 3.8) is 0 Å². The van der Waals surface area contributed by atoms with E-state index in [4.69, 9.17) is 9.47 Å². The molecule has 0 heterocycles. The van der Waals surface area contributed by atoms with Gasteiger partial charge < -0.3 is 14.8 Å². The summed E-state index contributed by atoms with van der Waals surface area (Å²) in [5, 5.41) is 2.80. The summed E-state index contributed by atoms with van der Waals surface area (Å²) in [4.78, 5) is 12.1. The molecule has 6 nitrogen and oxygen atoms in total. The predicted molar refractivity (Wildman–Crippen MR) is 97.0 cm³/mol. The van der Waals surface area contributed by atoms with Gasteiger partial charge in [-0.05, 0) is 29.8 Å². The third-order valence-electron chi connectivity index (χ3n) is 3.36. The molecule has 0 aliphatic carbocycles. The molecule has 0 saturated heterocycles. The Labute approximate surface area is 147 Å². The van der Waals surface area contributed by atoms with Crippen LogP contribution in [0.1, 0.15) is 5.56 Å². The van der Waals surface area contributed by atoms with Crippen LogP contribution in [0.4, 0.5) is 5.69 Å². The summed E-state index contributed by atoms with van der Waals surface area (Å²) in [6, 6.07) is 14.1. The summed E-state index contributed by atoms with van der Waals surface area (Å²) in [7, 11) is -1.48.